The molecule has 0 amide bonds. The Morgan fingerprint density at radius 2 is 2.08 bits per heavy atom. The standard InChI is InChI=1S/C9H13BrN2O/c1-5-7(4-11)9(13-3)12-6(2)8(5)10/h4,11H2,1-3H3. The van der Waals surface area contributed by atoms with Crippen molar-refractivity contribution in [2.24, 2.45) is 5.73 Å². The summed E-state index contributed by atoms with van der Waals surface area (Å²) < 4.78 is 6.15. The van der Waals surface area contributed by atoms with E-state index < -0.39 is 0 Å². The molecule has 1 aromatic heterocycles. The third kappa shape index (κ3) is 1.84. The molecule has 72 valence electrons. The lowest BCUT2D eigenvalue weighted by molar-refractivity contribution is 0.391. The second kappa shape index (κ2) is 4.07. The predicted octanol–water partition coefficient (Wildman–Crippen LogP) is 1.93. The fourth-order valence-electron chi connectivity index (χ4n) is 1.24. The number of ether oxygens (including phenoxy) is 1. The Bertz CT molecular complexity index is 326. The zero-order valence-electron chi connectivity index (χ0n) is 8.02. The number of hydrogen-bond acceptors (Lipinski definition) is 3. The van der Waals surface area contributed by atoms with Gasteiger partial charge in [-0.05, 0) is 35.3 Å². The summed E-state index contributed by atoms with van der Waals surface area (Å²) in [5, 5.41) is 0. The van der Waals surface area contributed by atoms with Gasteiger partial charge in [-0.2, -0.15) is 0 Å². The molecule has 0 fully saturated rings. The lowest BCUT2D eigenvalue weighted by Crippen LogP contribution is -2.06. The van der Waals surface area contributed by atoms with E-state index in [1.807, 2.05) is 13.8 Å². The van der Waals surface area contributed by atoms with E-state index >= 15 is 0 Å². The highest BCUT2D eigenvalue weighted by atomic mass is 79.9. The van der Waals surface area contributed by atoms with Crippen LogP contribution in [0.4, 0.5) is 0 Å². The van der Waals surface area contributed by atoms with Crippen molar-refractivity contribution in [2.75, 3.05) is 7.11 Å². The largest absolute Gasteiger partial charge is 0.481 e. The van der Waals surface area contributed by atoms with Crippen molar-refractivity contribution in [3.63, 3.8) is 0 Å². The number of rotatable bonds is 2. The number of methoxy groups -OCH3 is 1. The third-order valence-corrected chi connectivity index (χ3v) is 3.19. The number of nitrogens with zero attached hydrogens (tertiary/aromatic N) is 1. The van der Waals surface area contributed by atoms with Crippen LogP contribution in [-0.2, 0) is 6.54 Å². The van der Waals surface area contributed by atoms with Crippen molar-refractivity contribution >= 4 is 15.9 Å². The monoisotopic (exact) mass is 244 g/mol. The summed E-state index contributed by atoms with van der Waals surface area (Å²) in [5.41, 5.74) is 8.59. The molecular formula is C9H13BrN2O. The molecule has 0 bridgehead atoms. The number of halogens is 1. The van der Waals surface area contributed by atoms with E-state index in [-0.39, 0.29) is 0 Å². The minimum absolute atomic E-state index is 0.445. The van der Waals surface area contributed by atoms with Gasteiger partial charge in [0.2, 0.25) is 5.88 Å². The van der Waals surface area contributed by atoms with Gasteiger partial charge in [0.25, 0.3) is 0 Å². The lowest BCUT2D eigenvalue weighted by Gasteiger charge is -2.12. The molecule has 0 aliphatic heterocycles. The summed E-state index contributed by atoms with van der Waals surface area (Å²) >= 11 is 3.46. The van der Waals surface area contributed by atoms with E-state index in [9.17, 15) is 0 Å². The van der Waals surface area contributed by atoms with Gasteiger partial charge in [-0.15, -0.1) is 0 Å². The average molecular weight is 245 g/mol. The Morgan fingerprint density at radius 3 is 2.54 bits per heavy atom. The molecule has 13 heavy (non-hydrogen) atoms. The highest BCUT2D eigenvalue weighted by Crippen LogP contribution is 2.28. The van der Waals surface area contributed by atoms with Gasteiger partial charge in [0.1, 0.15) is 0 Å². The van der Waals surface area contributed by atoms with E-state index in [0.717, 1.165) is 21.3 Å². The van der Waals surface area contributed by atoms with Crippen LogP contribution in [0.5, 0.6) is 5.88 Å². The first-order valence-electron chi connectivity index (χ1n) is 4.01. The third-order valence-electron chi connectivity index (χ3n) is 2.02. The Kier molecular flexibility index (Phi) is 3.27. The molecule has 0 saturated carbocycles. The van der Waals surface area contributed by atoms with Gasteiger partial charge in [-0.1, -0.05) is 0 Å². The molecule has 0 saturated heterocycles. The Morgan fingerprint density at radius 1 is 1.46 bits per heavy atom. The number of nitrogens with two attached hydrogens (primary N) is 1. The van der Waals surface area contributed by atoms with Crippen molar-refractivity contribution in [3.05, 3.63) is 21.3 Å². The van der Waals surface area contributed by atoms with E-state index in [1.54, 1.807) is 7.11 Å². The van der Waals surface area contributed by atoms with Gasteiger partial charge >= 0.3 is 0 Å². The van der Waals surface area contributed by atoms with Crippen molar-refractivity contribution in [1.82, 2.24) is 4.98 Å². The highest BCUT2D eigenvalue weighted by molar-refractivity contribution is 9.10. The molecule has 1 aromatic rings. The van der Waals surface area contributed by atoms with Crippen LogP contribution >= 0.6 is 15.9 Å². The zero-order chi connectivity index (χ0) is 10.0. The second-order valence-electron chi connectivity index (χ2n) is 2.83. The molecule has 0 radical (unpaired) electrons. The van der Waals surface area contributed by atoms with Crippen LogP contribution in [-0.4, -0.2) is 12.1 Å². The molecule has 4 heteroatoms. The van der Waals surface area contributed by atoms with Gasteiger partial charge in [0.05, 0.1) is 12.8 Å². The normalized spacial score (nSPS) is 10.2. The molecule has 0 atom stereocenters. The minimum Gasteiger partial charge on any atom is -0.481 e. The molecule has 0 aliphatic carbocycles. The number of pyridine rings is 1. The maximum atomic E-state index is 5.61. The number of aromatic nitrogens is 1. The van der Waals surface area contributed by atoms with E-state index in [4.69, 9.17) is 10.5 Å². The Labute approximate surface area is 86.4 Å². The van der Waals surface area contributed by atoms with Crippen LogP contribution in [0.2, 0.25) is 0 Å². The van der Waals surface area contributed by atoms with Crippen molar-refractivity contribution < 1.29 is 4.74 Å². The summed E-state index contributed by atoms with van der Waals surface area (Å²) in [6.45, 7) is 4.38. The fraction of sp³-hybridized carbons (Fsp3) is 0.444. The summed E-state index contributed by atoms with van der Waals surface area (Å²) in [4.78, 5) is 4.27. The molecule has 3 nitrogen and oxygen atoms in total. The van der Waals surface area contributed by atoms with Gasteiger partial charge in [-0.3, -0.25) is 0 Å². The summed E-state index contributed by atoms with van der Waals surface area (Å²) in [5.74, 6) is 0.626. The van der Waals surface area contributed by atoms with E-state index in [1.165, 1.54) is 0 Å². The Balaban J connectivity index is 3.39. The molecular weight excluding hydrogens is 232 g/mol. The maximum Gasteiger partial charge on any atom is 0.218 e. The van der Waals surface area contributed by atoms with Crippen molar-refractivity contribution in [1.29, 1.82) is 0 Å². The lowest BCUT2D eigenvalue weighted by atomic mass is 10.1. The van der Waals surface area contributed by atoms with E-state index in [2.05, 4.69) is 20.9 Å². The van der Waals surface area contributed by atoms with Crippen LogP contribution in [0.25, 0.3) is 0 Å². The molecule has 2 N–H and O–H groups in total. The molecule has 1 heterocycles. The summed E-state index contributed by atoms with van der Waals surface area (Å²) in [6, 6.07) is 0. The number of aryl methyl sites for hydroxylation is 1. The van der Waals surface area contributed by atoms with Crippen LogP contribution in [0.15, 0.2) is 4.47 Å². The highest BCUT2D eigenvalue weighted by Gasteiger charge is 2.11. The van der Waals surface area contributed by atoms with Crippen molar-refractivity contribution in [3.8, 4) is 5.88 Å². The first-order chi connectivity index (χ1) is 6.11. The molecule has 0 unspecified atom stereocenters. The quantitative estimate of drug-likeness (QED) is 0.865. The van der Waals surface area contributed by atoms with Crippen LogP contribution in [0, 0.1) is 13.8 Å². The van der Waals surface area contributed by atoms with Gasteiger partial charge in [0.15, 0.2) is 0 Å². The van der Waals surface area contributed by atoms with Crippen LogP contribution in [0.3, 0.4) is 0 Å². The molecule has 1 rings (SSSR count). The molecule has 0 spiro atoms. The zero-order valence-corrected chi connectivity index (χ0v) is 9.60. The van der Waals surface area contributed by atoms with Crippen LogP contribution < -0.4 is 10.5 Å². The maximum absolute atomic E-state index is 5.61. The van der Waals surface area contributed by atoms with Gasteiger partial charge < -0.3 is 10.5 Å². The average Bonchev–Trinajstić information content (AvgIpc) is 2.13. The first kappa shape index (κ1) is 10.5. The molecule has 0 aliphatic rings. The van der Waals surface area contributed by atoms with Gasteiger partial charge in [0, 0.05) is 16.6 Å². The fourth-order valence-corrected chi connectivity index (χ4v) is 1.57. The van der Waals surface area contributed by atoms with Crippen molar-refractivity contribution in [2.45, 2.75) is 20.4 Å². The summed E-state index contributed by atoms with van der Waals surface area (Å²) in [6.07, 6.45) is 0. The second-order valence-corrected chi connectivity index (χ2v) is 3.62. The predicted molar refractivity (Wildman–Crippen MR) is 55.9 cm³/mol. The SMILES string of the molecule is COc1nc(C)c(Br)c(C)c1CN. The minimum atomic E-state index is 0.445. The first-order valence-corrected chi connectivity index (χ1v) is 4.80. The smallest absolute Gasteiger partial charge is 0.218 e. The summed E-state index contributed by atoms with van der Waals surface area (Å²) in [7, 11) is 1.61. The van der Waals surface area contributed by atoms with E-state index in [0.29, 0.717) is 12.4 Å². The number of hydrogen-bond donors (Lipinski definition) is 1. The van der Waals surface area contributed by atoms with Gasteiger partial charge in [-0.25, -0.2) is 4.98 Å². The topological polar surface area (TPSA) is 48.1 Å². The van der Waals surface area contributed by atoms with Crippen LogP contribution in [0.1, 0.15) is 16.8 Å². The molecule has 0 aromatic carbocycles. The Hall–Kier alpha value is -0.610.